The van der Waals surface area contributed by atoms with E-state index in [1.54, 1.807) is 0 Å². The first-order valence-electron chi connectivity index (χ1n) is 6.68. The van der Waals surface area contributed by atoms with Crippen molar-refractivity contribution in [3.8, 4) is 11.5 Å². The average molecular weight is 328 g/mol. The largest absolute Gasteiger partial charge is 0.493 e. The lowest BCUT2D eigenvalue weighted by molar-refractivity contribution is -0.156. The van der Waals surface area contributed by atoms with E-state index in [1.807, 2.05) is 0 Å². The van der Waals surface area contributed by atoms with Gasteiger partial charge in [0.1, 0.15) is 0 Å². The van der Waals surface area contributed by atoms with Gasteiger partial charge < -0.3 is 18.9 Å². The third-order valence-electron chi connectivity index (χ3n) is 2.96. The van der Waals surface area contributed by atoms with E-state index in [2.05, 4.69) is 9.47 Å². The number of hydrogen-bond donors (Lipinski definition) is 0. The highest BCUT2D eigenvalue weighted by molar-refractivity contribution is 5.89. The second kappa shape index (κ2) is 7.57. The molecule has 1 heterocycles. The summed E-state index contributed by atoms with van der Waals surface area (Å²) >= 11 is 0. The highest BCUT2D eigenvalue weighted by Crippen LogP contribution is 2.29. The third-order valence-corrected chi connectivity index (χ3v) is 2.96. The molecule has 1 fully saturated rings. The Bertz CT molecular complexity index is 614. The normalized spacial score (nSPS) is 17.4. The number of rotatable bonds is 6. The van der Waals surface area contributed by atoms with E-state index in [0.29, 0.717) is 12.0 Å². The predicted octanol–water partition coefficient (Wildman–Crippen LogP) is 2.17. The number of hydrogen-bond acceptors (Lipinski definition) is 6. The summed E-state index contributed by atoms with van der Waals surface area (Å²) in [5.74, 6) is -1.29. The van der Waals surface area contributed by atoms with E-state index >= 15 is 0 Å². The highest BCUT2D eigenvalue weighted by Gasteiger charge is 2.29. The second-order valence-corrected chi connectivity index (χ2v) is 4.50. The number of benzene rings is 1. The van der Waals surface area contributed by atoms with E-state index in [0.717, 1.165) is 6.08 Å². The quantitative estimate of drug-likeness (QED) is 0.589. The molecule has 23 heavy (non-hydrogen) atoms. The standard InChI is InChI=1S/C15H14F2O6/c1-20-12-8-9(2-4-10(12)23-15(16)17)3-5-13(18)22-11-6-7-21-14(11)19/h2-5,8,11,15H,6-7H2,1H3/b5-3+/t11-/m1/s1. The highest BCUT2D eigenvalue weighted by atomic mass is 19.3. The molecular weight excluding hydrogens is 314 g/mol. The minimum atomic E-state index is -2.97. The Morgan fingerprint density at radius 2 is 2.17 bits per heavy atom. The Hall–Kier alpha value is -2.64. The number of halogens is 2. The van der Waals surface area contributed by atoms with Crippen molar-refractivity contribution in [3.63, 3.8) is 0 Å². The zero-order valence-corrected chi connectivity index (χ0v) is 12.2. The number of methoxy groups -OCH3 is 1. The predicted molar refractivity (Wildman–Crippen MR) is 74.1 cm³/mol. The van der Waals surface area contributed by atoms with Gasteiger partial charge in [-0.2, -0.15) is 8.78 Å². The van der Waals surface area contributed by atoms with Crippen molar-refractivity contribution in [2.45, 2.75) is 19.1 Å². The van der Waals surface area contributed by atoms with Crippen molar-refractivity contribution in [1.29, 1.82) is 0 Å². The molecule has 2 rings (SSSR count). The summed E-state index contributed by atoms with van der Waals surface area (Å²) in [6.07, 6.45) is 1.96. The molecule has 8 heteroatoms. The summed E-state index contributed by atoms with van der Waals surface area (Å²) in [6.45, 7) is -2.74. The van der Waals surface area contributed by atoms with E-state index in [-0.39, 0.29) is 18.1 Å². The maximum atomic E-state index is 12.2. The molecule has 124 valence electrons. The smallest absolute Gasteiger partial charge is 0.387 e. The van der Waals surface area contributed by atoms with Crippen LogP contribution in [0.1, 0.15) is 12.0 Å². The van der Waals surface area contributed by atoms with Gasteiger partial charge in [0.25, 0.3) is 0 Å². The molecule has 6 nitrogen and oxygen atoms in total. The fourth-order valence-electron chi connectivity index (χ4n) is 1.91. The summed E-state index contributed by atoms with van der Waals surface area (Å²) < 4.78 is 43.3. The van der Waals surface area contributed by atoms with Crippen molar-refractivity contribution in [3.05, 3.63) is 29.8 Å². The first kappa shape index (κ1) is 16.7. The van der Waals surface area contributed by atoms with Crippen molar-refractivity contribution < 1.29 is 37.3 Å². The monoisotopic (exact) mass is 328 g/mol. The Morgan fingerprint density at radius 3 is 2.78 bits per heavy atom. The van der Waals surface area contributed by atoms with Crippen LogP contribution in [0.5, 0.6) is 11.5 Å². The summed E-state index contributed by atoms with van der Waals surface area (Å²) in [5.41, 5.74) is 0.509. The Balaban J connectivity index is 2.01. The first-order valence-corrected chi connectivity index (χ1v) is 6.68. The number of carbonyl (C=O) groups excluding carboxylic acids is 2. The van der Waals surface area contributed by atoms with Gasteiger partial charge in [0, 0.05) is 12.5 Å². The topological polar surface area (TPSA) is 71.1 Å². The number of alkyl halides is 2. The van der Waals surface area contributed by atoms with Gasteiger partial charge in [-0.25, -0.2) is 9.59 Å². The lowest BCUT2D eigenvalue weighted by Crippen LogP contribution is -2.21. The molecule has 1 aliphatic rings. The number of carbonyl (C=O) groups is 2. The summed E-state index contributed by atoms with van der Waals surface area (Å²) in [7, 11) is 1.31. The Labute approximate surface area is 130 Å². The number of esters is 2. The van der Waals surface area contributed by atoms with Crippen molar-refractivity contribution in [2.24, 2.45) is 0 Å². The molecule has 0 aromatic heterocycles. The maximum absolute atomic E-state index is 12.2. The minimum absolute atomic E-state index is 0.0974. The summed E-state index contributed by atoms with van der Waals surface area (Å²) in [5, 5.41) is 0. The van der Waals surface area contributed by atoms with Gasteiger partial charge >= 0.3 is 18.6 Å². The van der Waals surface area contributed by atoms with Gasteiger partial charge in [0.05, 0.1) is 13.7 Å². The van der Waals surface area contributed by atoms with Crippen molar-refractivity contribution >= 4 is 18.0 Å². The lowest BCUT2D eigenvalue weighted by Gasteiger charge is -2.10. The SMILES string of the molecule is COc1cc(/C=C/C(=O)O[C@@H]2CCOC2=O)ccc1OC(F)F. The second-order valence-electron chi connectivity index (χ2n) is 4.50. The van der Waals surface area contributed by atoms with E-state index in [4.69, 9.17) is 9.47 Å². The molecule has 1 saturated heterocycles. The van der Waals surface area contributed by atoms with Crippen LogP contribution in [-0.2, 0) is 19.1 Å². The summed E-state index contributed by atoms with van der Waals surface area (Å²) in [4.78, 5) is 22.8. The van der Waals surface area contributed by atoms with Crippen molar-refractivity contribution in [2.75, 3.05) is 13.7 Å². The van der Waals surface area contributed by atoms with Crippen LogP contribution in [0.4, 0.5) is 8.78 Å². The van der Waals surface area contributed by atoms with Crippen LogP contribution in [0, 0.1) is 0 Å². The molecule has 0 saturated carbocycles. The number of cyclic esters (lactones) is 1. The van der Waals surface area contributed by atoms with Gasteiger partial charge in [-0.15, -0.1) is 0 Å². The maximum Gasteiger partial charge on any atom is 0.387 e. The van der Waals surface area contributed by atoms with Gasteiger partial charge in [0.15, 0.2) is 11.5 Å². The molecule has 0 unspecified atom stereocenters. The average Bonchev–Trinajstić information content (AvgIpc) is 2.91. The molecule has 1 aromatic rings. The fourth-order valence-corrected chi connectivity index (χ4v) is 1.91. The molecule has 0 bridgehead atoms. The van der Waals surface area contributed by atoms with Crippen LogP contribution in [0.15, 0.2) is 24.3 Å². The Kier molecular flexibility index (Phi) is 5.51. The molecule has 0 aliphatic carbocycles. The number of ether oxygens (including phenoxy) is 4. The molecule has 0 N–H and O–H groups in total. The van der Waals surface area contributed by atoms with Crippen LogP contribution >= 0.6 is 0 Å². The van der Waals surface area contributed by atoms with Crippen LogP contribution < -0.4 is 9.47 Å². The van der Waals surface area contributed by atoms with Crippen LogP contribution in [0.2, 0.25) is 0 Å². The lowest BCUT2D eigenvalue weighted by atomic mass is 10.2. The molecule has 1 aliphatic heterocycles. The molecule has 1 atom stereocenters. The molecule has 0 amide bonds. The molecule has 1 aromatic carbocycles. The van der Waals surface area contributed by atoms with Gasteiger partial charge in [0.2, 0.25) is 6.10 Å². The minimum Gasteiger partial charge on any atom is -0.493 e. The van der Waals surface area contributed by atoms with Gasteiger partial charge in [-0.1, -0.05) is 6.07 Å². The zero-order chi connectivity index (χ0) is 16.8. The molecule has 0 radical (unpaired) electrons. The van der Waals surface area contributed by atoms with Gasteiger partial charge in [-0.3, -0.25) is 0 Å². The van der Waals surface area contributed by atoms with E-state index in [1.165, 1.54) is 31.4 Å². The fraction of sp³-hybridized carbons (Fsp3) is 0.333. The molecule has 0 spiro atoms. The molecular formula is C15H14F2O6. The van der Waals surface area contributed by atoms with E-state index in [9.17, 15) is 18.4 Å². The zero-order valence-electron chi connectivity index (χ0n) is 12.2. The van der Waals surface area contributed by atoms with Crippen LogP contribution in [-0.4, -0.2) is 38.4 Å². The van der Waals surface area contributed by atoms with Crippen LogP contribution in [0.25, 0.3) is 6.08 Å². The summed E-state index contributed by atoms with van der Waals surface area (Å²) in [6, 6.07) is 4.18. The van der Waals surface area contributed by atoms with Crippen LogP contribution in [0.3, 0.4) is 0 Å². The van der Waals surface area contributed by atoms with Gasteiger partial charge in [-0.05, 0) is 23.8 Å². The van der Waals surface area contributed by atoms with E-state index < -0.39 is 24.7 Å². The Morgan fingerprint density at radius 1 is 1.39 bits per heavy atom. The first-order chi connectivity index (χ1) is 11.0. The third kappa shape index (κ3) is 4.67. The van der Waals surface area contributed by atoms with Crippen molar-refractivity contribution in [1.82, 2.24) is 0 Å².